The van der Waals surface area contributed by atoms with Crippen molar-refractivity contribution in [1.29, 1.82) is 0 Å². The van der Waals surface area contributed by atoms with E-state index in [1.54, 1.807) is 24.3 Å². The molecule has 3 aromatic rings. The zero-order valence-electron chi connectivity index (χ0n) is 13.2. The second-order valence-corrected chi connectivity index (χ2v) is 7.69. The van der Waals surface area contributed by atoms with Crippen LogP contribution < -0.4 is 18.6 Å². The molecule has 3 aromatic carbocycles. The average Bonchev–Trinajstić information content (AvgIpc) is 2.58. The molecular weight excluding hydrogens is 386 g/mol. The minimum Gasteiger partial charge on any atom is -0.222 e. The molecule has 4 nitrogen and oxygen atoms in total. The van der Waals surface area contributed by atoms with Gasteiger partial charge in [-0.2, -0.15) is 0 Å². The first-order chi connectivity index (χ1) is 12.2. The number of hydrogen-bond acceptors (Lipinski definition) is 4. The molecule has 0 saturated heterocycles. The highest BCUT2D eigenvalue weighted by atomic mass is 35.7. The van der Waals surface area contributed by atoms with E-state index in [9.17, 15) is 8.78 Å². The maximum absolute atomic E-state index is 13.2. The van der Waals surface area contributed by atoms with Crippen LogP contribution in [0, 0.1) is 21.9 Å². The second kappa shape index (κ2) is 9.09. The van der Waals surface area contributed by atoms with Crippen LogP contribution in [0.4, 0.5) is 8.78 Å². The van der Waals surface area contributed by atoms with Crippen molar-refractivity contribution in [3.05, 3.63) is 90.5 Å². The van der Waals surface area contributed by atoms with E-state index in [-0.39, 0.29) is 22.5 Å². The predicted molar refractivity (Wildman–Crippen MR) is 81.4 cm³/mol. The third-order valence-electron chi connectivity index (χ3n) is 3.08. The summed E-state index contributed by atoms with van der Waals surface area (Å²) in [6.07, 6.45) is 0. The lowest BCUT2D eigenvalue weighted by Gasteiger charge is -2.17. The van der Waals surface area contributed by atoms with E-state index < -0.39 is 10.2 Å². The van der Waals surface area contributed by atoms with Gasteiger partial charge in [0, 0.05) is 0 Å². The SMILES string of the molecule is Fc1ccc([S+](c2ccccc2)c2ccc(F)cc2)cc1.[O-][Cl+3]([O-])([O-])[O-]. The van der Waals surface area contributed by atoms with Gasteiger partial charge in [-0.05, 0) is 60.7 Å². The van der Waals surface area contributed by atoms with Crippen LogP contribution in [0.25, 0.3) is 0 Å². The van der Waals surface area contributed by atoms with E-state index in [0.717, 1.165) is 14.7 Å². The molecule has 0 aliphatic heterocycles. The zero-order chi connectivity index (χ0) is 19.2. The Morgan fingerprint density at radius 1 is 0.538 bits per heavy atom. The smallest absolute Gasteiger partial charge is 0.166 e. The Morgan fingerprint density at radius 3 is 1.19 bits per heavy atom. The Labute approximate surface area is 154 Å². The van der Waals surface area contributed by atoms with E-state index >= 15 is 0 Å². The van der Waals surface area contributed by atoms with Gasteiger partial charge in [-0.15, -0.1) is 10.2 Å². The average molecular weight is 399 g/mol. The zero-order valence-corrected chi connectivity index (χ0v) is 14.8. The summed E-state index contributed by atoms with van der Waals surface area (Å²) in [5, 5.41) is 0. The molecule has 8 heteroatoms. The van der Waals surface area contributed by atoms with Crippen molar-refractivity contribution < 1.29 is 37.7 Å². The monoisotopic (exact) mass is 398 g/mol. The van der Waals surface area contributed by atoms with E-state index in [2.05, 4.69) is 0 Å². The molecule has 26 heavy (non-hydrogen) atoms. The highest BCUT2D eigenvalue weighted by molar-refractivity contribution is 7.97. The largest absolute Gasteiger partial charge is 0.222 e. The van der Waals surface area contributed by atoms with Gasteiger partial charge in [0.15, 0.2) is 14.7 Å². The summed E-state index contributed by atoms with van der Waals surface area (Å²) in [6, 6.07) is 23.0. The number of benzene rings is 3. The van der Waals surface area contributed by atoms with Crippen LogP contribution in [-0.4, -0.2) is 0 Å². The molecule has 0 aromatic heterocycles. The van der Waals surface area contributed by atoms with Crippen molar-refractivity contribution in [3.8, 4) is 0 Å². The van der Waals surface area contributed by atoms with E-state index in [1.165, 1.54) is 24.3 Å². The highest BCUT2D eigenvalue weighted by Crippen LogP contribution is 2.31. The summed E-state index contributed by atoms with van der Waals surface area (Å²) in [7, 11) is -5.31. The minimum atomic E-state index is -4.94. The Hall–Kier alpha value is -2.00. The molecule has 0 heterocycles. The normalized spacial score (nSPS) is 11.0. The van der Waals surface area contributed by atoms with Crippen LogP contribution in [0.1, 0.15) is 0 Å². The Kier molecular flexibility index (Phi) is 7.10. The van der Waals surface area contributed by atoms with Crippen molar-refractivity contribution >= 4 is 10.9 Å². The van der Waals surface area contributed by atoms with Crippen molar-refractivity contribution in [2.75, 3.05) is 0 Å². The van der Waals surface area contributed by atoms with Crippen molar-refractivity contribution in [2.24, 2.45) is 0 Å². The van der Waals surface area contributed by atoms with Crippen molar-refractivity contribution in [2.45, 2.75) is 14.7 Å². The number of hydrogen-bond donors (Lipinski definition) is 0. The predicted octanol–water partition coefficient (Wildman–Crippen LogP) is 0.304. The van der Waals surface area contributed by atoms with Crippen LogP contribution >= 0.6 is 0 Å². The van der Waals surface area contributed by atoms with Gasteiger partial charge in [-0.25, -0.2) is 27.4 Å². The lowest BCUT2D eigenvalue weighted by Crippen LogP contribution is -2.68. The summed E-state index contributed by atoms with van der Waals surface area (Å²) in [5.41, 5.74) is 0. The Balaban J connectivity index is 0.000000431. The van der Waals surface area contributed by atoms with E-state index in [0.29, 0.717) is 0 Å². The summed E-state index contributed by atoms with van der Waals surface area (Å²) >= 11 is 0. The van der Waals surface area contributed by atoms with Gasteiger partial charge in [0.2, 0.25) is 0 Å². The van der Waals surface area contributed by atoms with Crippen LogP contribution in [-0.2, 0) is 10.9 Å². The van der Waals surface area contributed by atoms with Crippen molar-refractivity contribution in [3.63, 3.8) is 0 Å². The molecule has 136 valence electrons. The minimum absolute atomic E-state index is 0.255. The lowest BCUT2D eigenvalue weighted by molar-refractivity contribution is -2.00. The first-order valence-electron chi connectivity index (χ1n) is 7.16. The van der Waals surface area contributed by atoms with Crippen LogP contribution in [0.5, 0.6) is 0 Å². The second-order valence-electron chi connectivity index (χ2n) is 4.91. The molecule has 0 radical (unpaired) electrons. The lowest BCUT2D eigenvalue weighted by atomic mass is 10.3. The first-order valence-corrected chi connectivity index (χ1v) is 9.62. The van der Waals surface area contributed by atoms with Gasteiger partial charge in [-0.1, -0.05) is 18.2 Å². The van der Waals surface area contributed by atoms with Gasteiger partial charge in [0.1, 0.15) is 11.6 Å². The number of halogens is 3. The molecule has 0 bridgehead atoms. The maximum atomic E-state index is 13.2. The summed E-state index contributed by atoms with van der Waals surface area (Å²) in [5.74, 6) is -0.510. The fraction of sp³-hybridized carbons (Fsp3) is 0. The molecule has 0 unspecified atom stereocenters. The molecule has 3 rings (SSSR count). The topological polar surface area (TPSA) is 92.2 Å². The fourth-order valence-electron chi connectivity index (χ4n) is 2.11. The standard InChI is InChI=1S/C18H13F2S.ClHO4/c19-14-6-10-17(11-7-14)21(16-4-2-1-3-5-16)18-12-8-15(20)9-13-18;2-1(3,4)5/h1-13H;(H,2,3,4,5)/q+1;/p-1. The van der Waals surface area contributed by atoms with Crippen LogP contribution in [0.3, 0.4) is 0 Å². The Bertz CT molecular complexity index is 758. The van der Waals surface area contributed by atoms with Crippen molar-refractivity contribution in [1.82, 2.24) is 0 Å². The van der Waals surface area contributed by atoms with Gasteiger partial charge < -0.3 is 0 Å². The summed E-state index contributed by atoms with van der Waals surface area (Å²) < 4.78 is 60.3. The molecule has 0 aliphatic rings. The fourth-order valence-corrected chi connectivity index (χ4v) is 4.17. The van der Waals surface area contributed by atoms with Crippen LogP contribution in [0.2, 0.25) is 0 Å². The summed E-state index contributed by atoms with van der Waals surface area (Å²) in [4.78, 5) is 3.14. The van der Waals surface area contributed by atoms with Gasteiger partial charge in [0.05, 0.1) is 10.9 Å². The molecular formula is C18H13ClF2O4S. The maximum Gasteiger partial charge on any atom is 0.166 e. The number of rotatable bonds is 3. The Morgan fingerprint density at radius 2 is 0.846 bits per heavy atom. The first kappa shape index (κ1) is 20.3. The van der Waals surface area contributed by atoms with Gasteiger partial charge >= 0.3 is 0 Å². The molecule has 0 amide bonds. The third kappa shape index (κ3) is 6.72. The van der Waals surface area contributed by atoms with E-state index in [1.807, 2.05) is 30.3 Å². The highest BCUT2D eigenvalue weighted by Gasteiger charge is 2.28. The quantitative estimate of drug-likeness (QED) is 0.593. The van der Waals surface area contributed by atoms with Crippen LogP contribution in [0.15, 0.2) is 93.5 Å². The molecule has 0 spiro atoms. The third-order valence-corrected chi connectivity index (χ3v) is 5.31. The van der Waals surface area contributed by atoms with Gasteiger partial charge in [-0.3, -0.25) is 0 Å². The van der Waals surface area contributed by atoms with E-state index in [4.69, 9.17) is 18.6 Å². The molecule has 0 atom stereocenters. The van der Waals surface area contributed by atoms with Gasteiger partial charge in [0.25, 0.3) is 0 Å². The summed E-state index contributed by atoms with van der Waals surface area (Å²) in [6.45, 7) is 0. The molecule has 0 aliphatic carbocycles. The molecule has 0 fully saturated rings. The molecule has 0 saturated carbocycles. The molecule has 0 N–H and O–H groups in total.